The van der Waals surface area contributed by atoms with Crippen LogP contribution in [0.5, 0.6) is 17.2 Å². The first-order valence-corrected chi connectivity index (χ1v) is 11.5. The summed E-state index contributed by atoms with van der Waals surface area (Å²) in [6, 6.07) is 16.1. The molecule has 0 spiro atoms. The number of ether oxygens (including phenoxy) is 3. The van der Waals surface area contributed by atoms with Crippen molar-refractivity contribution in [2.24, 2.45) is 0 Å². The molecule has 4 rings (SSSR count). The summed E-state index contributed by atoms with van der Waals surface area (Å²) in [5.74, 6) is 1.48. The zero-order chi connectivity index (χ0) is 22.9. The molecular formula is C23H22N2O6S. The van der Waals surface area contributed by atoms with Crippen molar-refractivity contribution >= 4 is 32.6 Å². The van der Waals surface area contributed by atoms with Gasteiger partial charge in [-0.1, -0.05) is 24.3 Å². The minimum atomic E-state index is -3.27. The van der Waals surface area contributed by atoms with Crippen LogP contribution in [-0.4, -0.2) is 41.0 Å². The smallest absolute Gasteiger partial charge is 0.300 e. The minimum absolute atomic E-state index is 0.260. The van der Waals surface area contributed by atoms with E-state index in [0.717, 1.165) is 11.1 Å². The summed E-state index contributed by atoms with van der Waals surface area (Å²) in [7, 11) is 1.36. The summed E-state index contributed by atoms with van der Waals surface area (Å²) in [5.41, 5.74) is 3.50. The average Bonchev–Trinajstić information content (AvgIpc) is 3.20. The summed E-state index contributed by atoms with van der Waals surface area (Å²) in [5, 5.41) is 3.13. The lowest BCUT2D eigenvalue weighted by atomic mass is 10.1. The number of sulfone groups is 1. The van der Waals surface area contributed by atoms with Gasteiger partial charge in [-0.3, -0.25) is 0 Å². The minimum Gasteiger partial charge on any atom is -0.493 e. The fraction of sp³-hybridized carbons (Fsp3) is 0.174. The molecule has 0 aliphatic carbocycles. The lowest BCUT2D eigenvalue weighted by Crippen LogP contribution is -1.97. The number of hydrogen-bond acceptors (Lipinski definition) is 8. The Labute approximate surface area is 185 Å². The number of nitrogens with zero attached hydrogens (tertiary/aromatic N) is 1. The van der Waals surface area contributed by atoms with Crippen LogP contribution in [0.25, 0.3) is 22.2 Å². The zero-order valence-electron chi connectivity index (χ0n) is 18.0. The van der Waals surface area contributed by atoms with Crippen LogP contribution in [0.2, 0.25) is 0 Å². The van der Waals surface area contributed by atoms with Crippen molar-refractivity contribution in [2.45, 2.75) is 4.90 Å². The summed E-state index contributed by atoms with van der Waals surface area (Å²) in [6.07, 6.45) is 1.18. The third-order valence-corrected chi connectivity index (χ3v) is 6.05. The molecule has 0 atom stereocenters. The Kier molecular flexibility index (Phi) is 5.67. The van der Waals surface area contributed by atoms with Crippen molar-refractivity contribution < 1.29 is 27.0 Å². The van der Waals surface area contributed by atoms with E-state index in [4.69, 9.17) is 18.6 Å². The van der Waals surface area contributed by atoms with Crippen LogP contribution in [0, 0.1) is 0 Å². The molecule has 32 heavy (non-hydrogen) atoms. The molecule has 0 aliphatic rings. The highest BCUT2D eigenvalue weighted by Crippen LogP contribution is 2.41. The Bertz CT molecular complexity index is 1350. The van der Waals surface area contributed by atoms with E-state index in [1.165, 1.54) is 13.4 Å². The molecule has 0 fully saturated rings. The molecule has 0 saturated heterocycles. The van der Waals surface area contributed by atoms with Gasteiger partial charge < -0.3 is 23.9 Å². The van der Waals surface area contributed by atoms with Crippen molar-refractivity contribution in [1.29, 1.82) is 0 Å². The molecule has 3 aromatic carbocycles. The lowest BCUT2D eigenvalue weighted by Gasteiger charge is -2.14. The Balaban J connectivity index is 1.71. The highest BCUT2D eigenvalue weighted by atomic mass is 32.2. The van der Waals surface area contributed by atoms with Crippen LogP contribution in [0.4, 0.5) is 11.7 Å². The first-order valence-electron chi connectivity index (χ1n) is 9.61. The second-order valence-electron chi connectivity index (χ2n) is 7.01. The summed E-state index contributed by atoms with van der Waals surface area (Å²) in [4.78, 5) is 4.78. The van der Waals surface area contributed by atoms with Crippen molar-refractivity contribution in [3.8, 4) is 28.4 Å². The maximum atomic E-state index is 11.7. The second kappa shape index (κ2) is 8.43. The molecule has 1 aromatic heterocycles. The van der Waals surface area contributed by atoms with Crippen molar-refractivity contribution in [3.63, 3.8) is 0 Å². The molecule has 1 N–H and O–H groups in total. The number of methoxy groups -OCH3 is 3. The third kappa shape index (κ3) is 4.06. The molecule has 0 unspecified atom stereocenters. The highest BCUT2D eigenvalue weighted by Gasteiger charge is 2.16. The van der Waals surface area contributed by atoms with E-state index in [1.54, 1.807) is 50.6 Å². The van der Waals surface area contributed by atoms with E-state index in [-0.39, 0.29) is 10.9 Å². The van der Waals surface area contributed by atoms with Gasteiger partial charge in [-0.25, -0.2) is 8.42 Å². The van der Waals surface area contributed by atoms with Crippen molar-refractivity contribution in [2.75, 3.05) is 32.9 Å². The molecular weight excluding hydrogens is 432 g/mol. The topological polar surface area (TPSA) is 99.9 Å². The Hall–Kier alpha value is -3.72. The number of rotatable bonds is 7. The SMILES string of the molecule is COc1cc(Nc2nc3cccc(-c4ccc(S(C)(=O)=O)cc4)c3o2)cc(OC)c1OC. The number of nitrogens with one attached hydrogen (secondary N) is 1. The van der Waals surface area contributed by atoms with Gasteiger partial charge in [0.15, 0.2) is 26.9 Å². The van der Waals surface area contributed by atoms with E-state index in [2.05, 4.69) is 10.3 Å². The Morgan fingerprint density at radius 1 is 0.906 bits per heavy atom. The lowest BCUT2D eigenvalue weighted by molar-refractivity contribution is 0.324. The number of oxazole rings is 1. The third-order valence-electron chi connectivity index (χ3n) is 4.92. The van der Waals surface area contributed by atoms with E-state index in [0.29, 0.717) is 34.0 Å². The predicted octanol–water partition coefficient (Wildman–Crippen LogP) is 4.67. The van der Waals surface area contributed by atoms with Gasteiger partial charge in [0.05, 0.1) is 26.2 Å². The van der Waals surface area contributed by atoms with E-state index < -0.39 is 9.84 Å². The second-order valence-corrected chi connectivity index (χ2v) is 9.02. The largest absolute Gasteiger partial charge is 0.493 e. The predicted molar refractivity (Wildman–Crippen MR) is 122 cm³/mol. The monoisotopic (exact) mass is 454 g/mol. The first kappa shape index (κ1) is 21.5. The number of hydrogen-bond donors (Lipinski definition) is 1. The van der Waals surface area contributed by atoms with Gasteiger partial charge in [0.2, 0.25) is 5.75 Å². The van der Waals surface area contributed by atoms with Crippen LogP contribution in [0.3, 0.4) is 0 Å². The molecule has 4 aromatic rings. The maximum Gasteiger partial charge on any atom is 0.300 e. The number of fused-ring (bicyclic) bond motifs is 1. The van der Waals surface area contributed by atoms with E-state index in [1.807, 2.05) is 18.2 Å². The van der Waals surface area contributed by atoms with Crippen LogP contribution in [-0.2, 0) is 9.84 Å². The first-order chi connectivity index (χ1) is 15.3. The molecule has 0 radical (unpaired) electrons. The van der Waals surface area contributed by atoms with Gasteiger partial charge in [-0.2, -0.15) is 4.98 Å². The molecule has 9 heteroatoms. The molecule has 1 heterocycles. The zero-order valence-corrected chi connectivity index (χ0v) is 18.8. The highest BCUT2D eigenvalue weighted by molar-refractivity contribution is 7.90. The number of para-hydroxylation sites is 1. The van der Waals surface area contributed by atoms with E-state index in [9.17, 15) is 8.42 Å². The van der Waals surface area contributed by atoms with Crippen LogP contribution >= 0.6 is 0 Å². The van der Waals surface area contributed by atoms with Gasteiger partial charge in [0, 0.05) is 29.6 Å². The molecule has 0 bridgehead atoms. The van der Waals surface area contributed by atoms with Gasteiger partial charge in [0.1, 0.15) is 5.52 Å². The Morgan fingerprint density at radius 2 is 1.56 bits per heavy atom. The van der Waals surface area contributed by atoms with Gasteiger partial charge in [-0.05, 0) is 23.8 Å². The van der Waals surface area contributed by atoms with Gasteiger partial charge in [0.25, 0.3) is 6.01 Å². The standard InChI is InChI=1S/C23H22N2O6S/c1-28-19-12-15(13-20(29-2)22(19)30-3)24-23-25-18-7-5-6-17(21(18)31-23)14-8-10-16(11-9-14)32(4,26)27/h5-13H,1-4H3,(H,24,25). The Morgan fingerprint density at radius 3 is 2.12 bits per heavy atom. The molecule has 0 saturated carbocycles. The normalized spacial score (nSPS) is 11.4. The summed E-state index contributed by atoms with van der Waals surface area (Å²) < 4.78 is 45.6. The maximum absolute atomic E-state index is 11.7. The van der Waals surface area contributed by atoms with Gasteiger partial charge >= 0.3 is 0 Å². The summed E-state index contributed by atoms with van der Waals surface area (Å²) >= 11 is 0. The summed E-state index contributed by atoms with van der Waals surface area (Å²) in [6.45, 7) is 0. The van der Waals surface area contributed by atoms with E-state index >= 15 is 0 Å². The molecule has 8 nitrogen and oxygen atoms in total. The average molecular weight is 455 g/mol. The molecule has 0 amide bonds. The number of anilines is 2. The number of aromatic nitrogens is 1. The number of benzene rings is 3. The molecule has 166 valence electrons. The van der Waals surface area contributed by atoms with Crippen LogP contribution in [0.1, 0.15) is 0 Å². The van der Waals surface area contributed by atoms with Crippen molar-refractivity contribution in [3.05, 3.63) is 54.6 Å². The quantitative estimate of drug-likeness (QED) is 0.430. The molecule has 0 aliphatic heterocycles. The van der Waals surface area contributed by atoms with Gasteiger partial charge in [-0.15, -0.1) is 0 Å². The van der Waals surface area contributed by atoms with Crippen LogP contribution in [0.15, 0.2) is 63.9 Å². The fourth-order valence-electron chi connectivity index (χ4n) is 3.39. The van der Waals surface area contributed by atoms with Crippen LogP contribution < -0.4 is 19.5 Å². The van der Waals surface area contributed by atoms with Crippen molar-refractivity contribution in [1.82, 2.24) is 4.98 Å². The fourth-order valence-corrected chi connectivity index (χ4v) is 4.02.